The van der Waals surface area contributed by atoms with Gasteiger partial charge in [-0.3, -0.25) is 14.9 Å². The standard InChI is InChI=1S/C21H25N3O5/c1-14-4-7-20(28-3)17(12-14)15(2)22-21(25)18-13-16(24(26)27)5-6-19(18)23-8-10-29-11-9-23/h4-7,12-13,15H,8-11H2,1-3H3,(H,22,25). The molecule has 2 aromatic rings. The Kier molecular flexibility index (Phi) is 6.33. The summed E-state index contributed by atoms with van der Waals surface area (Å²) in [7, 11) is 1.58. The fourth-order valence-corrected chi connectivity index (χ4v) is 3.44. The average molecular weight is 399 g/mol. The second-order valence-corrected chi connectivity index (χ2v) is 7.00. The lowest BCUT2D eigenvalue weighted by Crippen LogP contribution is -2.38. The molecule has 29 heavy (non-hydrogen) atoms. The minimum absolute atomic E-state index is 0.118. The average Bonchev–Trinajstić information content (AvgIpc) is 2.73. The normalized spacial score (nSPS) is 14.9. The molecule has 1 aliphatic heterocycles. The Labute approximate surface area is 169 Å². The van der Waals surface area contributed by atoms with Crippen molar-refractivity contribution in [2.24, 2.45) is 0 Å². The smallest absolute Gasteiger partial charge is 0.270 e. The van der Waals surface area contributed by atoms with E-state index in [9.17, 15) is 14.9 Å². The number of nitrogens with one attached hydrogen (secondary N) is 1. The zero-order valence-electron chi connectivity index (χ0n) is 16.8. The third-order valence-electron chi connectivity index (χ3n) is 4.99. The van der Waals surface area contributed by atoms with Crippen LogP contribution < -0.4 is 15.0 Å². The molecule has 3 rings (SSSR count). The maximum atomic E-state index is 13.1. The first kappa shape index (κ1) is 20.6. The highest BCUT2D eigenvalue weighted by atomic mass is 16.6. The third kappa shape index (κ3) is 4.65. The quantitative estimate of drug-likeness (QED) is 0.592. The summed E-state index contributed by atoms with van der Waals surface area (Å²) in [5.41, 5.74) is 2.72. The van der Waals surface area contributed by atoms with Crippen LogP contribution in [-0.4, -0.2) is 44.2 Å². The van der Waals surface area contributed by atoms with E-state index >= 15 is 0 Å². The number of methoxy groups -OCH3 is 1. The number of carbonyl (C=O) groups excluding carboxylic acids is 1. The number of ether oxygens (including phenoxy) is 2. The van der Waals surface area contributed by atoms with E-state index in [-0.39, 0.29) is 23.2 Å². The number of carbonyl (C=O) groups is 1. The number of amides is 1. The minimum atomic E-state index is -0.493. The monoisotopic (exact) mass is 399 g/mol. The summed E-state index contributed by atoms with van der Waals surface area (Å²) < 4.78 is 10.8. The third-order valence-corrected chi connectivity index (χ3v) is 4.99. The summed E-state index contributed by atoms with van der Waals surface area (Å²) in [6.45, 7) is 6.18. The van der Waals surface area contributed by atoms with Crippen molar-refractivity contribution in [3.63, 3.8) is 0 Å². The molecule has 1 N–H and O–H groups in total. The molecule has 8 heteroatoms. The Balaban J connectivity index is 1.91. The molecule has 1 fully saturated rings. The van der Waals surface area contributed by atoms with Crippen molar-refractivity contribution < 1.29 is 19.2 Å². The van der Waals surface area contributed by atoms with Gasteiger partial charge in [-0.05, 0) is 26.0 Å². The summed E-state index contributed by atoms with van der Waals surface area (Å²) in [5, 5.41) is 14.2. The number of rotatable bonds is 6. The molecule has 0 spiro atoms. The fraction of sp³-hybridized carbons (Fsp3) is 0.381. The van der Waals surface area contributed by atoms with Crippen LogP contribution in [0.5, 0.6) is 5.75 Å². The summed E-state index contributed by atoms with van der Waals surface area (Å²) in [5.74, 6) is 0.307. The number of nitro groups is 1. The van der Waals surface area contributed by atoms with Gasteiger partial charge in [0, 0.05) is 30.8 Å². The van der Waals surface area contributed by atoms with Crippen LogP contribution in [0.4, 0.5) is 11.4 Å². The molecule has 0 radical (unpaired) electrons. The molecule has 0 aliphatic carbocycles. The van der Waals surface area contributed by atoms with Crippen molar-refractivity contribution in [3.8, 4) is 5.75 Å². The Morgan fingerprint density at radius 2 is 1.97 bits per heavy atom. The lowest BCUT2D eigenvalue weighted by molar-refractivity contribution is -0.384. The number of benzene rings is 2. The van der Waals surface area contributed by atoms with Gasteiger partial charge in [-0.25, -0.2) is 0 Å². The predicted molar refractivity (Wildman–Crippen MR) is 110 cm³/mol. The molecule has 1 saturated heterocycles. The van der Waals surface area contributed by atoms with E-state index in [4.69, 9.17) is 9.47 Å². The van der Waals surface area contributed by atoms with Crippen molar-refractivity contribution in [3.05, 3.63) is 63.2 Å². The zero-order chi connectivity index (χ0) is 21.0. The number of aryl methyl sites for hydroxylation is 1. The number of anilines is 1. The number of nitro benzene ring substituents is 1. The van der Waals surface area contributed by atoms with E-state index in [1.165, 1.54) is 12.1 Å². The van der Waals surface area contributed by atoms with Crippen molar-refractivity contribution in [1.29, 1.82) is 0 Å². The van der Waals surface area contributed by atoms with Crippen LogP contribution in [0, 0.1) is 17.0 Å². The molecule has 0 bridgehead atoms. The summed E-state index contributed by atoms with van der Waals surface area (Å²) in [6.07, 6.45) is 0. The first-order valence-electron chi connectivity index (χ1n) is 9.47. The highest BCUT2D eigenvalue weighted by Gasteiger charge is 2.24. The molecule has 1 atom stereocenters. The molecular weight excluding hydrogens is 374 g/mol. The van der Waals surface area contributed by atoms with Gasteiger partial charge in [-0.15, -0.1) is 0 Å². The largest absolute Gasteiger partial charge is 0.496 e. The SMILES string of the molecule is COc1ccc(C)cc1C(C)NC(=O)c1cc([N+](=O)[O-])ccc1N1CCOCC1. The molecule has 1 aliphatic rings. The first-order chi connectivity index (χ1) is 13.9. The van der Waals surface area contributed by atoms with E-state index < -0.39 is 4.92 Å². The van der Waals surface area contributed by atoms with E-state index in [1.807, 2.05) is 36.9 Å². The molecule has 1 heterocycles. The number of hydrogen-bond donors (Lipinski definition) is 1. The number of nitrogens with zero attached hydrogens (tertiary/aromatic N) is 2. The Hall–Kier alpha value is -3.13. The predicted octanol–water partition coefficient (Wildman–Crippen LogP) is 3.24. The van der Waals surface area contributed by atoms with Crippen molar-refractivity contribution in [2.45, 2.75) is 19.9 Å². The first-order valence-corrected chi connectivity index (χ1v) is 9.47. The summed E-state index contributed by atoms with van der Waals surface area (Å²) >= 11 is 0. The van der Waals surface area contributed by atoms with Gasteiger partial charge in [0.1, 0.15) is 5.75 Å². The number of morpholine rings is 1. The molecule has 0 aromatic heterocycles. The Morgan fingerprint density at radius 1 is 1.24 bits per heavy atom. The van der Waals surface area contributed by atoms with E-state index in [2.05, 4.69) is 5.32 Å². The van der Waals surface area contributed by atoms with E-state index in [1.54, 1.807) is 13.2 Å². The maximum absolute atomic E-state index is 13.1. The molecule has 1 unspecified atom stereocenters. The van der Waals surface area contributed by atoms with Crippen LogP contribution in [-0.2, 0) is 4.74 Å². The van der Waals surface area contributed by atoms with Crippen LogP contribution in [0.1, 0.15) is 34.5 Å². The van der Waals surface area contributed by atoms with Crippen LogP contribution in [0.3, 0.4) is 0 Å². The van der Waals surface area contributed by atoms with Gasteiger partial charge in [0.2, 0.25) is 0 Å². The molecule has 1 amide bonds. The van der Waals surface area contributed by atoms with Crippen molar-refractivity contribution in [1.82, 2.24) is 5.32 Å². The lowest BCUT2D eigenvalue weighted by atomic mass is 10.0. The summed E-state index contributed by atoms with van der Waals surface area (Å²) in [4.78, 5) is 25.9. The van der Waals surface area contributed by atoms with Crippen LogP contribution in [0.25, 0.3) is 0 Å². The molecular formula is C21H25N3O5. The zero-order valence-corrected chi connectivity index (χ0v) is 16.8. The second kappa shape index (κ2) is 8.91. The lowest BCUT2D eigenvalue weighted by Gasteiger charge is -2.30. The van der Waals surface area contributed by atoms with Crippen molar-refractivity contribution >= 4 is 17.3 Å². The van der Waals surface area contributed by atoms with Gasteiger partial charge in [0.25, 0.3) is 11.6 Å². The molecule has 2 aromatic carbocycles. The fourth-order valence-electron chi connectivity index (χ4n) is 3.44. The van der Waals surface area contributed by atoms with Crippen LogP contribution in [0.15, 0.2) is 36.4 Å². The Bertz CT molecular complexity index is 909. The number of hydrogen-bond acceptors (Lipinski definition) is 6. The van der Waals surface area contributed by atoms with Gasteiger partial charge in [0.05, 0.1) is 42.5 Å². The van der Waals surface area contributed by atoms with Gasteiger partial charge in [0.15, 0.2) is 0 Å². The van der Waals surface area contributed by atoms with Gasteiger partial charge < -0.3 is 19.7 Å². The van der Waals surface area contributed by atoms with Crippen LogP contribution >= 0.6 is 0 Å². The molecule has 0 saturated carbocycles. The highest BCUT2D eigenvalue weighted by molar-refractivity contribution is 6.00. The minimum Gasteiger partial charge on any atom is -0.496 e. The van der Waals surface area contributed by atoms with E-state index in [0.717, 1.165) is 11.1 Å². The number of non-ortho nitro benzene ring substituents is 1. The molecule has 154 valence electrons. The van der Waals surface area contributed by atoms with Gasteiger partial charge >= 0.3 is 0 Å². The maximum Gasteiger partial charge on any atom is 0.270 e. The summed E-state index contributed by atoms with van der Waals surface area (Å²) in [6, 6.07) is 9.81. The van der Waals surface area contributed by atoms with Crippen LogP contribution in [0.2, 0.25) is 0 Å². The van der Waals surface area contributed by atoms with Crippen molar-refractivity contribution in [2.75, 3.05) is 38.3 Å². The van der Waals surface area contributed by atoms with Gasteiger partial charge in [-0.2, -0.15) is 0 Å². The topological polar surface area (TPSA) is 93.9 Å². The Morgan fingerprint density at radius 3 is 2.62 bits per heavy atom. The molecule has 8 nitrogen and oxygen atoms in total. The highest BCUT2D eigenvalue weighted by Crippen LogP contribution is 2.29. The van der Waals surface area contributed by atoms with E-state index in [0.29, 0.717) is 37.7 Å². The second-order valence-electron chi connectivity index (χ2n) is 7.00. The van der Waals surface area contributed by atoms with Gasteiger partial charge in [-0.1, -0.05) is 17.7 Å².